The third-order valence-electron chi connectivity index (χ3n) is 13.5. The van der Waals surface area contributed by atoms with Crippen LogP contribution in [0.5, 0.6) is 0 Å². The standard InChI is InChI=1S/C31H50O4/c1-26(2)17-20-19-9-10-21-28(4)13-12-23(32)31(7,25(33)34)22(28)11-14-30(21,6)29(19,5)16-15-27(20,3)24(18-26)35-8/h9,20-24,32H,10-18H2,1-8H3,(H,33,34)/t20?,21?,22?,23-,24+,27+,28+,29+,30+,31+/m0/s1. The Kier molecular flexibility index (Phi) is 5.59. The Morgan fingerprint density at radius 2 is 1.60 bits per heavy atom. The van der Waals surface area contributed by atoms with E-state index in [4.69, 9.17) is 4.74 Å². The van der Waals surface area contributed by atoms with Gasteiger partial charge in [-0.25, -0.2) is 0 Å². The number of allylic oxidation sites excluding steroid dienone is 2. The molecule has 0 amide bonds. The van der Waals surface area contributed by atoms with Gasteiger partial charge in [0.15, 0.2) is 0 Å². The number of hydrogen-bond donors (Lipinski definition) is 2. The monoisotopic (exact) mass is 486 g/mol. The van der Waals surface area contributed by atoms with Crippen LogP contribution >= 0.6 is 0 Å². The lowest BCUT2D eigenvalue weighted by atomic mass is 9.33. The lowest BCUT2D eigenvalue weighted by molar-refractivity contribution is -0.219. The van der Waals surface area contributed by atoms with Crippen molar-refractivity contribution < 1.29 is 19.7 Å². The Labute approximate surface area is 213 Å². The molecule has 0 aromatic carbocycles. The molecule has 0 aromatic rings. The Balaban J connectivity index is 1.59. The van der Waals surface area contributed by atoms with Crippen molar-refractivity contribution >= 4 is 5.97 Å². The number of carboxylic acids is 1. The van der Waals surface area contributed by atoms with E-state index >= 15 is 0 Å². The summed E-state index contributed by atoms with van der Waals surface area (Å²) >= 11 is 0. The van der Waals surface area contributed by atoms with Crippen molar-refractivity contribution in [3.63, 3.8) is 0 Å². The smallest absolute Gasteiger partial charge is 0.312 e. The number of hydrogen-bond acceptors (Lipinski definition) is 3. The van der Waals surface area contributed by atoms with Crippen LogP contribution in [0.15, 0.2) is 11.6 Å². The van der Waals surface area contributed by atoms with Gasteiger partial charge in [-0.15, -0.1) is 0 Å². The summed E-state index contributed by atoms with van der Waals surface area (Å²) in [6, 6.07) is 0. The molecule has 0 bridgehead atoms. The number of carboxylic acid groups (broad SMARTS) is 1. The summed E-state index contributed by atoms with van der Waals surface area (Å²) in [5.41, 5.74) is 1.32. The largest absolute Gasteiger partial charge is 0.481 e. The predicted molar refractivity (Wildman–Crippen MR) is 139 cm³/mol. The number of fused-ring (bicyclic) bond motifs is 7. The molecule has 0 saturated heterocycles. The van der Waals surface area contributed by atoms with E-state index in [1.54, 1.807) is 5.57 Å². The Morgan fingerprint density at radius 1 is 0.914 bits per heavy atom. The first-order valence-electron chi connectivity index (χ1n) is 14.2. The first-order chi connectivity index (χ1) is 16.1. The first kappa shape index (κ1) is 25.8. The van der Waals surface area contributed by atoms with Crippen LogP contribution in [0, 0.1) is 50.2 Å². The van der Waals surface area contributed by atoms with E-state index in [0.29, 0.717) is 24.4 Å². The Morgan fingerprint density at radius 3 is 2.23 bits per heavy atom. The zero-order valence-corrected chi connectivity index (χ0v) is 23.5. The van der Waals surface area contributed by atoms with Gasteiger partial charge in [0, 0.05) is 12.5 Å². The minimum Gasteiger partial charge on any atom is -0.481 e. The summed E-state index contributed by atoms with van der Waals surface area (Å²) in [5, 5.41) is 21.2. The molecule has 0 radical (unpaired) electrons. The Bertz CT molecular complexity index is 938. The highest BCUT2D eigenvalue weighted by molar-refractivity contribution is 5.76. The van der Waals surface area contributed by atoms with Crippen molar-refractivity contribution in [3.8, 4) is 0 Å². The van der Waals surface area contributed by atoms with Crippen LogP contribution in [-0.2, 0) is 9.53 Å². The average Bonchev–Trinajstić information content (AvgIpc) is 2.77. The molecule has 5 rings (SSSR count). The maximum absolute atomic E-state index is 12.5. The molecule has 4 heteroatoms. The number of aliphatic hydroxyl groups excluding tert-OH is 1. The lowest BCUT2D eigenvalue weighted by Gasteiger charge is -2.71. The van der Waals surface area contributed by atoms with E-state index in [1.807, 2.05) is 14.0 Å². The molecular formula is C31H50O4. The molecule has 10 atom stereocenters. The van der Waals surface area contributed by atoms with Crippen LogP contribution in [-0.4, -0.2) is 35.5 Å². The minimum absolute atomic E-state index is 0.0215. The number of aliphatic hydroxyl groups is 1. The van der Waals surface area contributed by atoms with E-state index in [-0.39, 0.29) is 33.0 Å². The van der Waals surface area contributed by atoms with E-state index in [2.05, 4.69) is 47.6 Å². The summed E-state index contributed by atoms with van der Waals surface area (Å²) in [6.45, 7) is 16.7. The molecule has 2 N–H and O–H groups in total. The number of aliphatic carboxylic acids is 1. The average molecular weight is 487 g/mol. The summed E-state index contributed by atoms with van der Waals surface area (Å²) < 4.78 is 6.18. The van der Waals surface area contributed by atoms with Crippen LogP contribution in [0.1, 0.15) is 106 Å². The molecule has 5 aliphatic carbocycles. The van der Waals surface area contributed by atoms with E-state index in [0.717, 1.165) is 32.1 Å². The van der Waals surface area contributed by atoms with Crippen LogP contribution in [0.25, 0.3) is 0 Å². The molecule has 35 heavy (non-hydrogen) atoms. The van der Waals surface area contributed by atoms with Crippen LogP contribution in [0.4, 0.5) is 0 Å². The topological polar surface area (TPSA) is 66.8 Å². The molecule has 4 saturated carbocycles. The van der Waals surface area contributed by atoms with Gasteiger partial charge >= 0.3 is 5.97 Å². The van der Waals surface area contributed by atoms with E-state index < -0.39 is 17.5 Å². The minimum atomic E-state index is -1.05. The normalized spacial score (nSPS) is 55.0. The van der Waals surface area contributed by atoms with Gasteiger partial charge in [-0.2, -0.15) is 0 Å². The quantitative estimate of drug-likeness (QED) is 0.419. The molecule has 0 aromatic heterocycles. The molecule has 0 heterocycles. The predicted octanol–water partition coefficient (Wildman–Crippen LogP) is 6.86. The van der Waals surface area contributed by atoms with Crippen molar-refractivity contribution in [3.05, 3.63) is 11.6 Å². The van der Waals surface area contributed by atoms with Gasteiger partial charge in [-0.3, -0.25) is 4.79 Å². The second-order valence-corrected chi connectivity index (χ2v) is 15.3. The highest BCUT2D eigenvalue weighted by atomic mass is 16.5. The number of ether oxygens (including phenoxy) is 1. The Hall–Kier alpha value is -0.870. The highest BCUT2D eigenvalue weighted by Gasteiger charge is 2.70. The fourth-order valence-corrected chi connectivity index (χ4v) is 11.0. The zero-order valence-electron chi connectivity index (χ0n) is 23.5. The number of carbonyl (C=O) groups is 1. The summed E-state index contributed by atoms with van der Waals surface area (Å²) in [6.07, 6.45) is 11.5. The number of rotatable bonds is 2. The fraction of sp³-hybridized carbons (Fsp3) is 0.903. The maximum Gasteiger partial charge on any atom is 0.312 e. The number of methoxy groups -OCH3 is 1. The molecule has 198 valence electrons. The van der Waals surface area contributed by atoms with Crippen molar-refractivity contribution in [2.75, 3.05) is 7.11 Å². The molecular weight excluding hydrogens is 436 g/mol. The van der Waals surface area contributed by atoms with E-state index in [9.17, 15) is 15.0 Å². The summed E-state index contributed by atoms with van der Waals surface area (Å²) in [5.74, 6) is 0.211. The summed E-state index contributed by atoms with van der Waals surface area (Å²) in [7, 11) is 1.91. The third kappa shape index (κ3) is 3.08. The van der Waals surface area contributed by atoms with Gasteiger partial charge in [0.1, 0.15) is 0 Å². The van der Waals surface area contributed by atoms with Gasteiger partial charge in [-0.05, 0) is 104 Å². The highest BCUT2D eigenvalue weighted by Crippen LogP contribution is 2.75. The van der Waals surface area contributed by atoms with Gasteiger partial charge in [0.05, 0.1) is 17.6 Å². The molecule has 5 aliphatic rings. The van der Waals surface area contributed by atoms with Gasteiger partial charge in [0.2, 0.25) is 0 Å². The van der Waals surface area contributed by atoms with Crippen molar-refractivity contribution in [2.24, 2.45) is 50.2 Å². The second-order valence-electron chi connectivity index (χ2n) is 15.3. The third-order valence-corrected chi connectivity index (χ3v) is 13.5. The zero-order chi connectivity index (χ0) is 25.8. The van der Waals surface area contributed by atoms with Crippen molar-refractivity contribution in [1.82, 2.24) is 0 Å². The molecule has 3 unspecified atom stereocenters. The maximum atomic E-state index is 12.5. The van der Waals surface area contributed by atoms with Gasteiger partial charge < -0.3 is 14.9 Å². The molecule has 0 spiro atoms. The lowest BCUT2D eigenvalue weighted by Crippen LogP contribution is -2.66. The molecule has 0 aliphatic heterocycles. The molecule has 4 nitrogen and oxygen atoms in total. The van der Waals surface area contributed by atoms with E-state index in [1.165, 1.54) is 19.3 Å². The summed E-state index contributed by atoms with van der Waals surface area (Å²) in [4.78, 5) is 12.5. The van der Waals surface area contributed by atoms with Crippen molar-refractivity contribution in [1.29, 1.82) is 0 Å². The fourth-order valence-electron chi connectivity index (χ4n) is 11.0. The first-order valence-corrected chi connectivity index (χ1v) is 14.2. The van der Waals surface area contributed by atoms with Gasteiger partial charge in [-0.1, -0.05) is 53.2 Å². The van der Waals surface area contributed by atoms with Gasteiger partial charge in [0.25, 0.3) is 0 Å². The SMILES string of the molecule is CO[C@@H]1CC(C)(C)CC2C3=CCC4[C@@]5(C)CC[C@H](O)[C@](C)(C(=O)O)C5CC[C@@]4(C)[C@]3(C)CC[C@]21C. The van der Waals surface area contributed by atoms with Crippen LogP contribution in [0.2, 0.25) is 0 Å². The second kappa shape index (κ2) is 7.59. The van der Waals surface area contributed by atoms with Crippen LogP contribution in [0.3, 0.4) is 0 Å². The van der Waals surface area contributed by atoms with Crippen molar-refractivity contribution in [2.45, 2.75) is 118 Å². The molecule has 4 fully saturated rings. The van der Waals surface area contributed by atoms with Crippen LogP contribution < -0.4 is 0 Å².